The molecule has 0 radical (unpaired) electrons. The predicted octanol–water partition coefficient (Wildman–Crippen LogP) is 6.98. The van der Waals surface area contributed by atoms with Crippen LogP contribution in [0.3, 0.4) is 0 Å². The van der Waals surface area contributed by atoms with E-state index >= 15 is 0 Å². The highest BCUT2D eigenvalue weighted by molar-refractivity contribution is 7.22. The fourth-order valence-corrected chi connectivity index (χ4v) is 11.7. The van der Waals surface area contributed by atoms with E-state index in [9.17, 15) is 14.7 Å². The normalized spacial score (nSPS) is 23.2. The largest absolute Gasteiger partial charge is 0.476 e. The Morgan fingerprint density at radius 1 is 0.932 bits per heavy atom. The second kappa shape index (κ2) is 16.7. The summed E-state index contributed by atoms with van der Waals surface area (Å²) in [5.74, 6) is 0.547. The number of likely N-dealkylation sites (N-methyl/N-ethyl adjacent to an activating group) is 1. The molecule has 2 aromatic carbocycles. The number of carboxylic acid groups (broad SMARTS) is 1. The van der Waals surface area contributed by atoms with Gasteiger partial charge in [-0.1, -0.05) is 35.6 Å². The highest BCUT2D eigenvalue weighted by Crippen LogP contribution is 2.63. The van der Waals surface area contributed by atoms with E-state index in [0.29, 0.717) is 86.5 Å². The number of amides is 1. The van der Waals surface area contributed by atoms with E-state index in [1.54, 1.807) is 6.20 Å². The van der Waals surface area contributed by atoms with Gasteiger partial charge in [0.05, 0.1) is 55.0 Å². The Kier molecular flexibility index (Phi) is 11.3. The van der Waals surface area contributed by atoms with Crippen LogP contribution in [0, 0.1) is 24.2 Å². The van der Waals surface area contributed by atoms with Crippen LogP contribution in [-0.2, 0) is 33.7 Å². The summed E-state index contributed by atoms with van der Waals surface area (Å²) in [4.78, 5) is 37.9. The molecule has 1 amide bonds. The number of pyridine rings is 1. The van der Waals surface area contributed by atoms with Crippen LogP contribution in [0.4, 0.5) is 10.9 Å². The lowest BCUT2D eigenvalue weighted by atomic mass is 9.48. The van der Waals surface area contributed by atoms with Gasteiger partial charge < -0.3 is 29.5 Å². The summed E-state index contributed by atoms with van der Waals surface area (Å²) in [6.45, 7) is 7.71. The number of hydrogen-bond donors (Lipinski definition) is 3. The second-order valence-corrected chi connectivity index (χ2v) is 18.1. The number of nitrogens with one attached hydrogen (secondary N) is 2. The molecule has 4 fully saturated rings. The molecule has 310 valence electrons. The number of carbonyl (C=O) groups excluding carboxylic acids is 1. The molecule has 4 aliphatic carbocycles. The van der Waals surface area contributed by atoms with Crippen LogP contribution in [0.5, 0.6) is 0 Å². The smallest absolute Gasteiger partial charge is 0.355 e. The van der Waals surface area contributed by atoms with Crippen molar-refractivity contribution in [3.8, 4) is 11.1 Å². The number of carboxylic acids is 1. The molecule has 3 N–H and O–H groups in total. The molecule has 2 unspecified atom stereocenters. The van der Waals surface area contributed by atoms with Crippen molar-refractivity contribution in [2.75, 3.05) is 63.4 Å². The van der Waals surface area contributed by atoms with Crippen molar-refractivity contribution in [2.24, 2.45) is 17.3 Å². The van der Waals surface area contributed by atoms with E-state index in [0.717, 1.165) is 65.0 Å². The molecule has 0 saturated heterocycles. The predicted molar refractivity (Wildman–Crippen MR) is 227 cm³/mol. The van der Waals surface area contributed by atoms with Crippen LogP contribution in [0.15, 0.2) is 60.8 Å². The summed E-state index contributed by atoms with van der Waals surface area (Å²) in [7, 11) is 1.91. The number of nitrogens with zero attached hydrogens (tertiary/aromatic N) is 5. The number of para-hydroxylation sites is 1. The molecule has 4 saturated carbocycles. The van der Waals surface area contributed by atoms with Gasteiger partial charge in [-0.3, -0.25) is 14.8 Å². The second-order valence-electron chi connectivity index (χ2n) is 17.0. The number of hydrogen-bond acceptors (Lipinski definition) is 11. The van der Waals surface area contributed by atoms with Gasteiger partial charge in [-0.15, -0.1) is 0 Å². The summed E-state index contributed by atoms with van der Waals surface area (Å²) in [5, 5.41) is 22.0. The zero-order valence-electron chi connectivity index (χ0n) is 33.9. The number of carbonyl (C=O) groups is 2. The van der Waals surface area contributed by atoms with E-state index in [1.807, 2.05) is 62.5 Å². The van der Waals surface area contributed by atoms with Gasteiger partial charge >= 0.3 is 5.97 Å². The molecule has 5 aliphatic rings. The lowest BCUT2D eigenvalue weighted by Crippen LogP contribution is -2.58. The van der Waals surface area contributed by atoms with Gasteiger partial charge in [-0.2, -0.15) is 5.10 Å². The average molecular weight is 820 g/mol. The molecule has 13 nitrogen and oxygen atoms in total. The maximum Gasteiger partial charge on any atom is 0.355 e. The Hall–Kier alpha value is -4.73. The van der Waals surface area contributed by atoms with Gasteiger partial charge in [0.2, 0.25) is 0 Å². The topological polar surface area (TPSA) is 153 Å². The minimum atomic E-state index is -1.09. The van der Waals surface area contributed by atoms with Crippen LogP contribution < -0.4 is 15.5 Å². The quantitative estimate of drug-likeness (QED) is 0.0833. The third-order valence-electron chi connectivity index (χ3n) is 13.0. The molecule has 3 aromatic heterocycles. The zero-order valence-corrected chi connectivity index (χ0v) is 34.7. The monoisotopic (exact) mass is 819 g/mol. The van der Waals surface area contributed by atoms with Crippen molar-refractivity contribution in [2.45, 2.75) is 70.6 Å². The fraction of sp³-hybridized carbons (Fsp3) is 0.489. The number of anilines is 2. The molecule has 1 aliphatic heterocycles. The molecule has 2 atom stereocenters. The minimum Gasteiger partial charge on any atom is -0.476 e. The standard InChI is InChI=1S/C45H53N7O6S/c1-29-35(25-47-52(29)28-44-21-30-20-31(22-44)24-45(23-30,27-44)58-19-18-57-17-16-56-15-13-46-2)33-10-11-39(49-40(33)42(54)55)51-14-12-32-6-5-7-34(36(32)26-51)41(53)50-43-48-37-8-3-4-9-38(37)59-43/h3-11,25,30-31,46H,12-24,26-28H2,1-2H3,(H,54,55)(H,48,50,53)/t30?,31?,44-,45-. The van der Waals surface area contributed by atoms with Crippen LogP contribution in [0.2, 0.25) is 0 Å². The number of benzene rings is 2. The average Bonchev–Trinajstić information content (AvgIpc) is 3.80. The molecular weight excluding hydrogens is 767 g/mol. The maximum atomic E-state index is 13.6. The number of ether oxygens (including phenoxy) is 3. The van der Waals surface area contributed by atoms with Crippen LogP contribution >= 0.6 is 11.3 Å². The number of aromatic nitrogens is 4. The Morgan fingerprint density at radius 3 is 2.53 bits per heavy atom. The van der Waals surface area contributed by atoms with Crippen molar-refractivity contribution >= 4 is 44.4 Å². The highest BCUT2D eigenvalue weighted by Gasteiger charge is 2.58. The molecular formula is C45H53N7O6S. The molecule has 0 spiro atoms. The maximum absolute atomic E-state index is 13.6. The molecule has 5 aromatic rings. The fourth-order valence-electron chi connectivity index (χ4n) is 10.8. The van der Waals surface area contributed by atoms with Gasteiger partial charge in [0, 0.05) is 48.6 Å². The van der Waals surface area contributed by atoms with E-state index in [4.69, 9.17) is 24.3 Å². The number of aromatic carboxylic acids is 1. The first-order valence-electron chi connectivity index (χ1n) is 20.9. The molecule has 59 heavy (non-hydrogen) atoms. The first kappa shape index (κ1) is 39.7. The van der Waals surface area contributed by atoms with Crippen molar-refractivity contribution in [3.05, 3.63) is 88.9 Å². The summed E-state index contributed by atoms with van der Waals surface area (Å²) < 4.78 is 21.2. The molecule has 10 rings (SSSR count). The van der Waals surface area contributed by atoms with E-state index < -0.39 is 5.97 Å². The summed E-state index contributed by atoms with van der Waals surface area (Å²) in [5.41, 5.74) is 5.66. The molecule has 14 heteroatoms. The van der Waals surface area contributed by atoms with E-state index in [2.05, 4.69) is 31.3 Å². The number of thiazole rings is 1. The summed E-state index contributed by atoms with van der Waals surface area (Å²) in [6, 6.07) is 17.4. The Morgan fingerprint density at radius 2 is 1.73 bits per heavy atom. The molecule has 4 heterocycles. The first-order valence-corrected chi connectivity index (χ1v) is 21.8. The van der Waals surface area contributed by atoms with Crippen LogP contribution in [0.25, 0.3) is 21.3 Å². The summed E-state index contributed by atoms with van der Waals surface area (Å²) >= 11 is 1.44. The Balaban J connectivity index is 0.882. The minimum absolute atomic E-state index is 0.00767. The van der Waals surface area contributed by atoms with Gasteiger partial charge in [0.15, 0.2) is 10.8 Å². The van der Waals surface area contributed by atoms with Crippen LogP contribution in [0.1, 0.15) is 76.2 Å². The highest BCUT2D eigenvalue weighted by atomic mass is 32.1. The molecule has 4 bridgehead atoms. The van der Waals surface area contributed by atoms with Gasteiger partial charge in [-0.25, -0.2) is 14.8 Å². The van der Waals surface area contributed by atoms with E-state index in [1.165, 1.54) is 30.6 Å². The van der Waals surface area contributed by atoms with Crippen LogP contribution in [-0.4, -0.2) is 95.5 Å². The Bertz CT molecular complexity index is 2300. The third-order valence-corrected chi connectivity index (χ3v) is 13.9. The first-order chi connectivity index (χ1) is 28.7. The third kappa shape index (κ3) is 8.25. The lowest BCUT2D eigenvalue weighted by Gasteiger charge is -2.61. The number of rotatable bonds is 17. The SMILES string of the molecule is CNCCOCCOCCO[C@]12CC3CC(C[C@@](Cn4ncc(-c5ccc(N6CCc7cccc(C(=O)Nc8nc9ccccc9s8)c7C6)nc5C(=O)O)c4C)(C3)C1)C2. The van der Waals surface area contributed by atoms with Crippen molar-refractivity contribution in [1.82, 2.24) is 25.1 Å². The van der Waals surface area contributed by atoms with Crippen molar-refractivity contribution in [3.63, 3.8) is 0 Å². The Labute approximate surface area is 348 Å². The number of fused-ring (bicyclic) bond motifs is 2. The van der Waals surface area contributed by atoms with Crippen molar-refractivity contribution in [1.29, 1.82) is 0 Å². The van der Waals surface area contributed by atoms with E-state index in [-0.39, 0.29) is 22.6 Å². The van der Waals surface area contributed by atoms with Crippen molar-refractivity contribution < 1.29 is 28.9 Å². The summed E-state index contributed by atoms with van der Waals surface area (Å²) in [6.07, 6.45) is 9.36. The van der Waals surface area contributed by atoms with Gasteiger partial charge in [0.25, 0.3) is 5.91 Å². The zero-order chi connectivity index (χ0) is 40.6. The lowest BCUT2D eigenvalue weighted by molar-refractivity contribution is -0.201. The van der Waals surface area contributed by atoms with Gasteiger partial charge in [-0.05, 0) is 118 Å². The van der Waals surface area contributed by atoms with Gasteiger partial charge in [0.1, 0.15) is 5.82 Å².